The highest BCUT2D eigenvalue weighted by molar-refractivity contribution is 14.1. The minimum absolute atomic E-state index is 0.499. The van der Waals surface area contributed by atoms with Gasteiger partial charge in [-0.25, -0.2) is 0 Å². The van der Waals surface area contributed by atoms with Gasteiger partial charge in [-0.1, -0.05) is 23.2 Å². The van der Waals surface area contributed by atoms with Crippen molar-refractivity contribution in [1.82, 2.24) is 4.57 Å². The van der Waals surface area contributed by atoms with Gasteiger partial charge in [-0.3, -0.25) is 5.43 Å². The molecule has 6 heteroatoms. The largest absolute Gasteiger partial charge is 0.318 e. The van der Waals surface area contributed by atoms with Crippen molar-refractivity contribution in [3.8, 4) is 5.69 Å². The Morgan fingerprint density at radius 2 is 1.72 bits per heavy atom. The first-order valence-corrected chi connectivity index (χ1v) is 9.48. The van der Waals surface area contributed by atoms with E-state index in [0.717, 1.165) is 28.3 Å². The highest BCUT2D eigenvalue weighted by Gasteiger charge is 2.09. The van der Waals surface area contributed by atoms with Crippen molar-refractivity contribution < 1.29 is 0 Å². The molecule has 0 unspecified atom stereocenters. The predicted octanol–water partition coefficient (Wildman–Crippen LogP) is 6.45. The summed E-state index contributed by atoms with van der Waals surface area (Å²) in [5, 5.41) is 5.34. The molecule has 3 aromatic rings. The second-order valence-corrected chi connectivity index (χ2v) is 7.70. The monoisotopic (exact) mass is 483 g/mol. The van der Waals surface area contributed by atoms with Crippen LogP contribution in [0.25, 0.3) is 5.69 Å². The molecule has 0 spiro atoms. The zero-order chi connectivity index (χ0) is 18.0. The molecule has 0 amide bonds. The second-order valence-electron chi connectivity index (χ2n) is 5.64. The van der Waals surface area contributed by atoms with Gasteiger partial charge in [0.25, 0.3) is 0 Å². The SMILES string of the molecule is Cc1cc(/C=N/Nc2ccc(Cl)c(Cl)c2)c(C)n1-c1ccc(I)cc1. The normalized spacial score (nSPS) is 11.2. The molecule has 0 saturated heterocycles. The van der Waals surface area contributed by atoms with Crippen LogP contribution in [0, 0.1) is 17.4 Å². The van der Waals surface area contributed by atoms with Crippen LogP contribution in [0.1, 0.15) is 17.0 Å². The van der Waals surface area contributed by atoms with Crippen molar-refractivity contribution in [3.63, 3.8) is 0 Å². The van der Waals surface area contributed by atoms with Gasteiger partial charge in [0.15, 0.2) is 0 Å². The number of benzene rings is 2. The molecule has 128 valence electrons. The van der Waals surface area contributed by atoms with Crippen LogP contribution < -0.4 is 5.43 Å². The smallest absolute Gasteiger partial charge is 0.0613 e. The summed E-state index contributed by atoms with van der Waals surface area (Å²) in [5.74, 6) is 0. The number of anilines is 1. The number of nitrogens with one attached hydrogen (secondary N) is 1. The maximum absolute atomic E-state index is 6.01. The zero-order valence-electron chi connectivity index (χ0n) is 13.7. The lowest BCUT2D eigenvalue weighted by Crippen LogP contribution is -1.99. The molecular formula is C19H16Cl2IN3. The van der Waals surface area contributed by atoms with Crippen molar-refractivity contribution in [2.75, 3.05) is 5.43 Å². The van der Waals surface area contributed by atoms with E-state index < -0.39 is 0 Å². The van der Waals surface area contributed by atoms with Gasteiger partial charge < -0.3 is 4.57 Å². The minimum Gasteiger partial charge on any atom is -0.318 e. The average Bonchev–Trinajstić information content (AvgIpc) is 2.86. The first-order valence-electron chi connectivity index (χ1n) is 7.64. The quantitative estimate of drug-likeness (QED) is 0.258. The molecule has 0 radical (unpaired) electrons. The van der Waals surface area contributed by atoms with E-state index in [2.05, 4.69) is 81.9 Å². The number of halogens is 3. The van der Waals surface area contributed by atoms with E-state index in [1.54, 1.807) is 12.1 Å². The number of aromatic nitrogens is 1. The Morgan fingerprint density at radius 3 is 2.40 bits per heavy atom. The molecule has 3 nitrogen and oxygen atoms in total. The lowest BCUT2D eigenvalue weighted by molar-refractivity contribution is 0.964. The number of aryl methyl sites for hydroxylation is 1. The molecule has 1 N–H and O–H groups in total. The van der Waals surface area contributed by atoms with E-state index in [9.17, 15) is 0 Å². The van der Waals surface area contributed by atoms with Gasteiger partial charge in [0.05, 0.1) is 21.9 Å². The Bertz CT molecular complexity index is 931. The molecule has 0 fully saturated rings. The lowest BCUT2D eigenvalue weighted by atomic mass is 10.2. The van der Waals surface area contributed by atoms with Crippen molar-refractivity contribution in [2.45, 2.75) is 13.8 Å². The van der Waals surface area contributed by atoms with Crippen LogP contribution in [0.15, 0.2) is 53.6 Å². The molecular weight excluding hydrogens is 468 g/mol. The van der Waals surface area contributed by atoms with Crippen LogP contribution in [-0.4, -0.2) is 10.8 Å². The van der Waals surface area contributed by atoms with Crippen LogP contribution >= 0.6 is 45.8 Å². The van der Waals surface area contributed by atoms with Gasteiger partial charge in [-0.15, -0.1) is 0 Å². The Kier molecular flexibility index (Phi) is 5.71. The first kappa shape index (κ1) is 18.3. The number of hydrazone groups is 1. The number of hydrogen-bond donors (Lipinski definition) is 1. The van der Waals surface area contributed by atoms with Crippen LogP contribution in [0.4, 0.5) is 5.69 Å². The van der Waals surface area contributed by atoms with Crippen LogP contribution in [0.3, 0.4) is 0 Å². The highest BCUT2D eigenvalue weighted by atomic mass is 127. The molecule has 25 heavy (non-hydrogen) atoms. The van der Waals surface area contributed by atoms with E-state index in [1.165, 1.54) is 3.57 Å². The molecule has 0 aliphatic carbocycles. The molecule has 1 heterocycles. The fraction of sp³-hybridized carbons (Fsp3) is 0.105. The van der Waals surface area contributed by atoms with Gasteiger partial charge in [0, 0.05) is 26.2 Å². The maximum atomic E-state index is 6.01. The summed E-state index contributed by atoms with van der Waals surface area (Å²) < 4.78 is 3.44. The predicted molar refractivity (Wildman–Crippen MR) is 116 cm³/mol. The molecule has 0 atom stereocenters. The van der Waals surface area contributed by atoms with Gasteiger partial charge >= 0.3 is 0 Å². The minimum atomic E-state index is 0.499. The lowest BCUT2D eigenvalue weighted by Gasteiger charge is -2.09. The van der Waals surface area contributed by atoms with E-state index in [0.29, 0.717) is 10.0 Å². The summed E-state index contributed by atoms with van der Waals surface area (Å²) in [6.07, 6.45) is 1.81. The Morgan fingerprint density at radius 1 is 1.00 bits per heavy atom. The van der Waals surface area contributed by atoms with Crippen LogP contribution in [0.2, 0.25) is 10.0 Å². The Labute approximate surface area is 170 Å². The Balaban J connectivity index is 1.82. The summed E-state index contributed by atoms with van der Waals surface area (Å²) in [4.78, 5) is 0. The van der Waals surface area contributed by atoms with Gasteiger partial charge in [-0.05, 0) is 85.0 Å². The van der Waals surface area contributed by atoms with Crippen molar-refractivity contribution >= 4 is 57.7 Å². The topological polar surface area (TPSA) is 29.3 Å². The number of hydrogen-bond acceptors (Lipinski definition) is 2. The molecule has 0 saturated carbocycles. The molecule has 0 aliphatic heterocycles. The highest BCUT2D eigenvalue weighted by Crippen LogP contribution is 2.25. The van der Waals surface area contributed by atoms with E-state index in [4.69, 9.17) is 23.2 Å². The fourth-order valence-electron chi connectivity index (χ4n) is 2.65. The number of nitrogens with zero attached hydrogens (tertiary/aromatic N) is 2. The summed E-state index contributed by atoms with van der Waals surface area (Å²) in [5.41, 5.74) is 8.27. The third-order valence-electron chi connectivity index (χ3n) is 3.87. The Hall–Kier alpha value is -1.50. The molecule has 1 aromatic heterocycles. The molecule has 0 aliphatic rings. The van der Waals surface area contributed by atoms with Crippen molar-refractivity contribution in [3.05, 3.63) is 79.1 Å². The van der Waals surface area contributed by atoms with E-state index in [-0.39, 0.29) is 0 Å². The third kappa shape index (κ3) is 4.19. The second kappa shape index (κ2) is 7.81. The molecule has 2 aromatic carbocycles. The summed E-state index contributed by atoms with van der Waals surface area (Å²) in [6.45, 7) is 4.18. The standard InChI is InChI=1S/C19H16Cl2IN3/c1-12-9-14(11-23-24-16-5-8-18(20)19(21)10-16)13(2)25(12)17-6-3-15(22)4-7-17/h3-11,24H,1-2H3/b23-11+. The van der Waals surface area contributed by atoms with Gasteiger partial charge in [-0.2, -0.15) is 5.10 Å². The first-order chi connectivity index (χ1) is 12.0. The van der Waals surface area contributed by atoms with Gasteiger partial charge in [0.1, 0.15) is 0 Å². The zero-order valence-corrected chi connectivity index (χ0v) is 17.4. The van der Waals surface area contributed by atoms with Crippen LogP contribution in [0.5, 0.6) is 0 Å². The van der Waals surface area contributed by atoms with Crippen LogP contribution in [-0.2, 0) is 0 Å². The average molecular weight is 484 g/mol. The van der Waals surface area contributed by atoms with Crippen molar-refractivity contribution in [2.24, 2.45) is 5.10 Å². The number of rotatable bonds is 4. The maximum Gasteiger partial charge on any atom is 0.0613 e. The summed E-state index contributed by atoms with van der Waals surface area (Å²) in [7, 11) is 0. The van der Waals surface area contributed by atoms with E-state index >= 15 is 0 Å². The third-order valence-corrected chi connectivity index (χ3v) is 5.33. The molecule has 0 bridgehead atoms. The summed E-state index contributed by atoms with van der Waals surface area (Å²) >= 11 is 14.2. The van der Waals surface area contributed by atoms with E-state index in [1.807, 2.05) is 12.3 Å². The molecule has 3 rings (SSSR count). The van der Waals surface area contributed by atoms with Gasteiger partial charge in [0.2, 0.25) is 0 Å². The fourth-order valence-corrected chi connectivity index (χ4v) is 3.31. The summed E-state index contributed by atoms with van der Waals surface area (Å²) in [6, 6.07) is 15.9. The van der Waals surface area contributed by atoms with Crippen molar-refractivity contribution in [1.29, 1.82) is 0 Å².